The van der Waals surface area contributed by atoms with Gasteiger partial charge in [-0.25, -0.2) is 0 Å². The SMILES string of the molecule is COC[C@@H]1CN(Cc2sccc2C)C[C@H]1c1nnc(-c2ccccc2)o1. The van der Waals surface area contributed by atoms with Gasteiger partial charge in [0.25, 0.3) is 0 Å². The highest BCUT2D eigenvalue weighted by molar-refractivity contribution is 7.10. The van der Waals surface area contributed by atoms with Gasteiger partial charge in [-0.05, 0) is 36.1 Å². The molecule has 0 bridgehead atoms. The monoisotopic (exact) mass is 369 g/mol. The summed E-state index contributed by atoms with van der Waals surface area (Å²) < 4.78 is 11.5. The lowest BCUT2D eigenvalue weighted by Crippen LogP contribution is -2.21. The third-order valence-corrected chi connectivity index (χ3v) is 6.02. The normalized spacial score (nSPS) is 20.7. The maximum atomic E-state index is 6.04. The molecule has 3 heterocycles. The summed E-state index contributed by atoms with van der Waals surface area (Å²) in [5, 5.41) is 10.8. The van der Waals surface area contributed by atoms with E-state index in [0.717, 1.165) is 31.1 Å². The molecule has 4 rings (SSSR count). The first-order valence-electron chi connectivity index (χ1n) is 8.87. The Hall–Kier alpha value is -2.02. The van der Waals surface area contributed by atoms with E-state index in [1.54, 1.807) is 7.11 Å². The Morgan fingerprint density at radius 1 is 1.19 bits per heavy atom. The first-order valence-corrected chi connectivity index (χ1v) is 9.75. The number of ether oxygens (including phenoxy) is 1. The fraction of sp³-hybridized carbons (Fsp3) is 0.400. The summed E-state index contributed by atoms with van der Waals surface area (Å²) in [4.78, 5) is 3.90. The van der Waals surface area contributed by atoms with Crippen molar-refractivity contribution in [3.8, 4) is 11.5 Å². The van der Waals surface area contributed by atoms with Crippen molar-refractivity contribution in [1.29, 1.82) is 0 Å². The number of methoxy groups -OCH3 is 1. The number of benzene rings is 1. The predicted octanol–water partition coefficient (Wildman–Crippen LogP) is 3.97. The zero-order valence-electron chi connectivity index (χ0n) is 15.1. The lowest BCUT2D eigenvalue weighted by atomic mass is 9.97. The highest BCUT2D eigenvalue weighted by Gasteiger charge is 2.37. The van der Waals surface area contributed by atoms with Gasteiger partial charge in [0.2, 0.25) is 11.8 Å². The van der Waals surface area contributed by atoms with Crippen molar-refractivity contribution in [2.24, 2.45) is 5.92 Å². The van der Waals surface area contributed by atoms with Crippen LogP contribution in [0.15, 0.2) is 46.2 Å². The molecular formula is C20H23N3O2S. The number of hydrogen-bond donors (Lipinski definition) is 0. The Labute approximate surface area is 157 Å². The number of likely N-dealkylation sites (tertiary alicyclic amines) is 1. The van der Waals surface area contributed by atoms with Crippen LogP contribution in [0.1, 0.15) is 22.2 Å². The molecule has 1 saturated heterocycles. The molecule has 26 heavy (non-hydrogen) atoms. The topological polar surface area (TPSA) is 51.4 Å². The molecule has 0 radical (unpaired) electrons. The molecule has 3 aromatic rings. The smallest absolute Gasteiger partial charge is 0.247 e. The molecule has 1 aliphatic heterocycles. The maximum absolute atomic E-state index is 6.04. The number of aromatic nitrogens is 2. The lowest BCUT2D eigenvalue weighted by Gasteiger charge is -2.15. The summed E-state index contributed by atoms with van der Waals surface area (Å²) in [6.45, 7) is 5.75. The van der Waals surface area contributed by atoms with Crippen LogP contribution in [0.5, 0.6) is 0 Å². The minimum atomic E-state index is 0.209. The van der Waals surface area contributed by atoms with E-state index in [4.69, 9.17) is 9.15 Å². The summed E-state index contributed by atoms with van der Waals surface area (Å²) in [6, 6.07) is 12.1. The van der Waals surface area contributed by atoms with Crippen LogP contribution in [0.25, 0.3) is 11.5 Å². The summed E-state index contributed by atoms with van der Waals surface area (Å²) >= 11 is 1.83. The van der Waals surface area contributed by atoms with Crippen LogP contribution >= 0.6 is 11.3 Å². The van der Waals surface area contributed by atoms with Crippen LogP contribution in [0.3, 0.4) is 0 Å². The third-order valence-electron chi connectivity index (χ3n) is 5.01. The molecule has 0 spiro atoms. The largest absolute Gasteiger partial charge is 0.420 e. The number of rotatable bonds is 6. The molecule has 2 aromatic heterocycles. The van der Waals surface area contributed by atoms with Crippen LogP contribution in [0, 0.1) is 12.8 Å². The summed E-state index contributed by atoms with van der Waals surface area (Å²) in [7, 11) is 1.76. The maximum Gasteiger partial charge on any atom is 0.247 e. The first kappa shape index (κ1) is 17.4. The molecule has 136 valence electrons. The Balaban J connectivity index is 1.52. The molecule has 0 aliphatic carbocycles. The Kier molecular flexibility index (Phi) is 5.15. The van der Waals surface area contributed by atoms with E-state index < -0.39 is 0 Å². The van der Waals surface area contributed by atoms with Gasteiger partial charge in [-0.2, -0.15) is 0 Å². The molecule has 1 aliphatic rings. The molecule has 0 unspecified atom stereocenters. The second kappa shape index (κ2) is 7.70. The quantitative estimate of drug-likeness (QED) is 0.658. The average molecular weight is 369 g/mol. The van der Waals surface area contributed by atoms with E-state index in [9.17, 15) is 0 Å². The highest BCUT2D eigenvalue weighted by Crippen LogP contribution is 2.35. The highest BCUT2D eigenvalue weighted by atomic mass is 32.1. The van der Waals surface area contributed by atoms with E-state index in [1.165, 1.54) is 10.4 Å². The molecule has 6 heteroatoms. The molecule has 0 saturated carbocycles. The van der Waals surface area contributed by atoms with Crippen LogP contribution in [0.2, 0.25) is 0 Å². The van der Waals surface area contributed by atoms with Gasteiger partial charge < -0.3 is 9.15 Å². The third kappa shape index (κ3) is 3.58. The van der Waals surface area contributed by atoms with Gasteiger partial charge in [-0.3, -0.25) is 4.90 Å². The van der Waals surface area contributed by atoms with Gasteiger partial charge in [0, 0.05) is 43.1 Å². The lowest BCUT2D eigenvalue weighted by molar-refractivity contribution is 0.144. The fourth-order valence-electron chi connectivity index (χ4n) is 3.60. The van der Waals surface area contributed by atoms with Gasteiger partial charge in [-0.15, -0.1) is 21.5 Å². The van der Waals surface area contributed by atoms with Gasteiger partial charge in [0.1, 0.15) is 0 Å². The number of thiophene rings is 1. The van der Waals surface area contributed by atoms with E-state index in [1.807, 2.05) is 41.7 Å². The second-order valence-electron chi connectivity index (χ2n) is 6.85. The minimum absolute atomic E-state index is 0.209. The van der Waals surface area contributed by atoms with Gasteiger partial charge in [0.05, 0.1) is 12.5 Å². The number of nitrogens with zero attached hydrogens (tertiary/aromatic N) is 3. The van der Waals surface area contributed by atoms with Crippen molar-refractivity contribution in [3.63, 3.8) is 0 Å². The van der Waals surface area contributed by atoms with Crippen molar-refractivity contribution < 1.29 is 9.15 Å². The van der Waals surface area contributed by atoms with Crippen molar-refractivity contribution in [2.75, 3.05) is 26.8 Å². The van der Waals surface area contributed by atoms with Crippen LogP contribution in [0.4, 0.5) is 0 Å². The molecule has 5 nitrogen and oxygen atoms in total. The molecular weight excluding hydrogens is 346 g/mol. The van der Waals surface area contributed by atoms with Gasteiger partial charge in [-0.1, -0.05) is 18.2 Å². The Morgan fingerprint density at radius 2 is 2.04 bits per heavy atom. The first-order chi connectivity index (χ1) is 12.7. The van der Waals surface area contributed by atoms with E-state index in [2.05, 4.69) is 33.5 Å². The minimum Gasteiger partial charge on any atom is -0.420 e. The van der Waals surface area contributed by atoms with E-state index in [0.29, 0.717) is 18.4 Å². The summed E-state index contributed by atoms with van der Waals surface area (Å²) in [5.74, 6) is 1.88. The number of aryl methyl sites for hydroxylation is 1. The molecule has 0 N–H and O–H groups in total. The average Bonchev–Trinajstić information content (AvgIpc) is 3.37. The number of hydrogen-bond acceptors (Lipinski definition) is 6. The van der Waals surface area contributed by atoms with Crippen molar-refractivity contribution in [3.05, 3.63) is 58.1 Å². The van der Waals surface area contributed by atoms with Crippen LogP contribution < -0.4 is 0 Å². The van der Waals surface area contributed by atoms with Gasteiger partial charge >= 0.3 is 0 Å². The summed E-state index contributed by atoms with van der Waals surface area (Å²) in [6.07, 6.45) is 0. The summed E-state index contributed by atoms with van der Waals surface area (Å²) in [5.41, 5.74) is 2.32. The zero-order chi connectivity index (χ0) is 17.9. The molecule has 0 amide bonds. The van der Waals surface area contributed by atoms with Crippen LogP contribution in [-0.4, -0.2) is 41.9 Å². The van der Waals surface area contributed by atoms with Crippen LogP contribution in [-0.2, 0) is 11.3 Å². The van der Waals surface area contributed by atoms with Crippen molar-refractivity contribution >= 4 is 11.3 Å². The van der Waals surface area contributed by atoms with Crippen molar-refractivity contribution in [2.45, 2.75) is 19.4 Å². The standard InChI is InChI=1S/C20H23N3O2S/c1-14-8-9-26-18(14)12-23-10-16(13-24-2)17(11-23)20-22-21-19(25-20)15-6-4-3-5-7-15/h3-9,16-17H,10-13H2,1-2H3/t16-,17+/m0/s1. The van der Waals surface area contributed by atoms with E-state index >= 15 is 0 Å². The van der Waals surface area contributed by atoms with E-state index in [-0.39, 0.29) is 5.92 Å². The molecule has 2 atom stereocenters. The zero-order valence-corrected chi connectivity index (χ0v) is 15.9. The second-order valence-corrected chi connectivity index (χ2v) is 7.85. The van der Waals surface area contributed by atoms with Gasteiger partial charge in [0.15, 0.2) is 0 Å². The molecule has 1 aromatic carbocycles. The Morgan fingerprint density at radius 3 is 2.77 bits per heavy atom. The fourth-order valence-corrected chi connectivity index (χ4v) is 4.55. The predicted molar refractivity (Wildman–Crippen MR) is 102 cm³/mol. The molecule has 1 fully saturated rings. The van der Waals surface area contributed by atoms with Crippen molar-refractivity contribution in [1.82, 2.24) is 15.1 Å². The Bertz CT molecular complexity index is 846.